The summed E-state index contributed by atoms with van der Waals surface area (Å²) < 4.78 is 33.3. The van der Waals surface area contributed by atoms with E-state index in [1.807, 2.05) is 0 Å². The molecule has 0 saturated heterocycles. The van der Waals surface area contributed by atoms with Crippen LogP contribution in [0.5, 0.6) is 0 Å². The van der Waals surface area contributed by atoms with Gasteiger partial charge in [-0.15, -0.1) is 0 Å². The van der Waals surface area contributed by atoms with Gasteiger partial charge in [-0.25, -0.2) is 4.57 Å². The third kappa shape index (κ3) is 76.9. The molecule has 0 rings (SSSR count). The standard InChI is InChI=1S/C81H154NO8P/c1-3-5-7-9-11-13-15-17-19-21-23-25-27-29-31-33-35-37-38-39-40-42-44-46-48-50-52-54-56-58-60-62-64-66-68-70-72-74-81(84)90-79(78-89-91(85,86)88-76-75-82)77-87-80(83)73-71-69-67-65-63-61-59-57-55-53-51-49-47-45-43-41-36-34-32-30-28-26-24-22-20-18-16-14-12-10-8-6-4-2/h15,17,21-24,27,29,79H,3-14,16,18-20,25-26,28,30-78,82H2,1-2H3,(H,85,86)/b17-15-,23-21-,24-22-,29-27-. The fourth-order valence-corrected chi connectivity index (χ4v) is 13.0. The van der Waals surface area contributed by atoms with Crippen molar-refractivity contribution in [2.24, 2.45) is 5.73 Å². The van der Waals surface area contributed by atoms with Crippen molar-refractivity contribution < 1.29 is 37.6 Å². The lowest BCUT2D eigenvalue weighted by molar-refractivity contribution is -0.161. The SMILES string of the molecule is CCCCCCC/C=C\C/C=C\C/C=C\CCCCCCCCCCCCCCCCCCCCCCCCC(=O)OC(COC(=O)CCCCCCCCCCCCCCCCCCCCCCC/C=C\CCCCCCCCCC)COP(=O)(O)OCCN. The summed E-state index contributed by atoms with van der Waals surface area (Å²) in [7, 11) is -4.39. The largest absolute Gasteiger partial charge is 0.472 e. The monoisotopic (exact) mass is 1300 g/mol. The van der Waals surface area contributed by atoms with Gasteiger partial charge in [0.05, 0.1) is 13.2 Å². The Kier molecular flexibility index (Phi) is 75.3. The molecule has 0 radical (unpaired) electrons. The molecular formula is C81H154NO8P. The van der Waals surface area contributed by atoms with Crippen molar-refractivity contribution in [3.05, 3.63) is 48.6 Å². The van der Waals surface area contributed by atoms with E-state index < -0.39 is 26.5 Å². The Hall–Kier alpha value is -2.03. The zero-order chi connectivity index (χ0) is 65.8. The summed E-state index contributed by atoms with van der Waals surface area (Å²) in [4.78, 5) is 35.5. The number of phosphoric acid groups is 1. The maximum Gasteiger partial charge on any atom is 0.472 e. The van der Waals surface area contributed by atoms with E-state index in [2.05, 4.69) is 62.5 Å². The van der Waals surface area contributed by atoms with Crippen molar-refractivity contribution in [2.45, 2.75) is 431 Å². The summed E-state index contributed by atoms with van der Waals surface area (Å²) >= 11 is 0. The first-order valence-corrected chi connectivity index (χ1v) is 41.6. The highest BCUT2D eigenvalue weighted by atomic mass is 31.2. The van der Waals surface area contributed by atoms with E-state index in [0.29, 0.717) is 6.42 Å². The lowest BCUT2D eigenvalue weighted by Gasteiger charge is -2.19. The molecule has 9 nitrogen and oxygen atoms in total. The number of esters is 2. The molecule has 0 aliphatic heterocycles. The van der Waals surface area contributed by atoms with Crippen molar-refractivity contribution in [1.29, 1.82) is 0 Å². The molecule has 536 valence electrons. The lowest BCUT2D eigenvalue weighted by Crippen LogP contribution is -2.29. The highest BCUT2D eigenvalue weighted by molar-refractivity contribution is 7.47. The number of unbranched alkanes of at least 4 members (excludes halogenated alkanes) is 56. The van der Waals surface area contributed by atoms with Gasteiger partial charge in [-0.1, -0.05) is 383 Å². The molecule has 0 aliphatic rings. The van der Waals surface area contributed by atoms with Crippen LogP contribution in [0.15, 0.2) is 48.6 Å². The van der Waals surface area contributed by atoms with Crippen molar-refractivity contribution >= 4 is 19.8 Å². The highest BCUT2D eigenvalue weighted by Crippen LogP contribution is 2.43. The minimum absolute atomic E-state index is 0.0560. The average Bonchev–Trinajstić information content (AvgIpc) is 3.74. The molecule has 91 heavy (non-hydrogen) atoms. The molecule has 10 heteroatoms. The topological polar surface area (TPSA) is 134 Å². The first kappa shape index (κ1) is 89.0. The van der Waals surface area contributed by atoms with Crippen LogP contribution in [-0.2, 0) is 32.7 Å². The number of hydrogen-bond acceptors (Lipinski definition) is 8. The number of nitrogens with two attached hydrogens (primary N) is 1. The van der Waals surface area contributed by atoms with Gasteiger partial charge in [-0.05, 0) is 77.0 Å². The average molecular weight is 1300 g/mol. The molecule has 0 bridgehead atoms. The molecule has 0 aromatic heterocycles. The minimum atomic E-state index is -4.39. The van der Waals surface area contributed by atoms with Crippen LogP contribution < -0.4 is 5.73 Å². The number of carbonyl (C=O) groups is 2. The zero-order valence-corrected chi connectivity index (χ0v) is 61.5. The predicted molar refractivity (Wildman–Crippen MR) is 395 cm³/mol. The van der Waals surface area contributed by atoms with Crippen LogP contribution >= 0.6 is 7.82 Å². The summed E-state index contributed by atoms with van der Waals surface area (Å²) in [5.41, 5.74) is 5.42. The fourth-order valence-electron chi connectivity index (χ4n) is 12.2. The lowest BCUT2D eigenvalue weighted by atomic mass is 10.0. The van der Waals surface area contributed by atoms with Crippen LogP contribution in [0.4, 0.5) is 0 Å². The normalized spacial score (nSPS) is 13.1. The Morgan fingerprint density at radius 3 is 0.857 bits per heavy atom. The summed E-state index contributed by atoms with van der Waals surface area (Å²) in [5, 5.41) is 0. The molecule has 2 unspecified atom stereocenters. The van der Waals surface area contributed by atoms with Gasteiger partial charge in [-0.3, -0.25) is 18.6 Å². The van der Waals surface area contributed by atoms with Gasteiger partial charge < -0.3 is 20.1 Å². The number of rotatable bonds is 77. The van der Waals surface area contributed by atoms with Crippen LogP contribution in [0, 0.1) is 0 Å². The highest BCUT2D eigenvalue weighted by Gasteiger charge is 2.26. The molecule has 0 aliphatic carbocycles. The van der Waals surface area contributed by atoms with Crippen LogP contribution in [-0.4, -0.2) is 49.3 Å². The first-order valence-electron chi connectivity index (χ1n) is 40.1. The molecule has 0 amide bonds. The molecule has 0 heterocycles. The molecule has 0 saturated carbocycles. The molecular weight excluding hydrogens is 1150 g/mol. The van der Waals surface area contributed by atoms with Crippen LogP contribution in [0.2, 0.25) is 0 Å². The third-order valence-corrected chi connectivity index (χ3v) is 19.2. The summed E-state index contributed by atoms with van der Waals surface area (Å²) in [5.74, 6) is -0.802. The zero-order valence-electron chi connectivity index (χ0n) is 60.6. The van der Waals surface area contributed by atoms with Crippen LogP contribution in [0.25, 0.3) is 0 Å². The number of carbonyl (C=O) groups excluding carboxylic acids is 2. The first-order chi connectivity index (χ1) is 44.8. The van der Waals surface area contributed by atoms with Gasteiger partial charge in [0.25, 0.3) is 0 Å². The van der Waals surface area contributed by atoms with E-state index in [1.165, 1.54) is 347 Å². The molecule has 2 atom stereocenters. The van der Waals surface area contributed by atoms with Crippen molar-refractivity contribution in [1.82, 2.24) is 0 Å². The summed E-state index contributed by atoms with van der Waals surface area (Å²) in [6.07, 6.45) is 99.7. The Balaban J connectivity index is 3.76. The number of ether oxygens (including phenoxy) is 2. The fraction of sp³-hybridized carbons (Fsp3) is 0.877. The molecule has 0 aromatic rings. The number of hydrogen-bond donors (Lipinski definition) is 2. The quantitative estimate of drug-likeness (QED) is 0.0264. The molecule has 0 spiro atoms. The van der Waals surface area contributed by atoms with Crippen LogP contribution in [0.3, 0.4) is 0 Å². The van der Waals surface area contributed by atoms with E-state index in [1.54, 1.807) is 0 Å². The predicted octanol–water partition coefficient (Wildman–Crippen LogP) is 26.8. The third-order valence-electron chi connectivity index (χ3n) is 18.2. The van der Waals surface area contributed by atoms with Gasteiger partial charge in [0.15, 0.2) is 6.10 Å². The Morgan fingerprint density at radius 1 is 0.330 bits per heavy atom. The number of phosphoric ester groups is 1. The van der Waals surface area contributed by atoms with E-state index in [-0.39, 0.29) is 38.6 Å². The molecule has 0 aromatic carbocycles. The van der Waals surface area contributed by atoms with Gasteiger partial charge >= 0.3 is 19.8 Å². The van der Waals surface area contributed by atoms with Gasteiger partial charge in [0.1, 0.15) is 6.61 Å². The van der Waals surface area contributed by atoms with Gasteiger partial charge in [0, 0.05) is 19.4 Å². The van der Waals surface area contributed by atoms with Crippen molar-refractivity contribution in [2.75, 3.05) is 26.4 Å². The molecule has 0 fully saturated rings. The minimum Gasteiger partial charge on any atom is -0.462 e. The van der Waals surface area contributed by atoms with Crippen molar-refractivity contribution in [3.8, 4) is 0 Å². The molecule has 3 N–H and O–H groups in total. The Morgan fingerprint density at radius 2 is 0.571 bits per heavy atom. The smallest absolute Gasteiger partial charge is 0.462 e. The maximum atomic E-state index is 12.8. The maximum absolute atomic E-state index is 12.8. The van der Waals surface area contributed by atoms with E-state index in [9.17, 15) is 19.0 Å². The van der Waals surface area contributed by atoms with E-state index in [4.69, 9.17) is 24.3 Å². The Bertz CT molecular complexity index is 1630. The van der Waals surface area contributed by atoms with Gasteiger partial charge in [-0.2, -0.15) is 0 Å². The van der Waals surface area contributed by atoms with Gasteiger partial charge in [0.2, 0.25) is 0 Å². The second kappa shape index (κ2) is 77.0. The van der Waals surface area contributed by atoms with Crippen LogP contribution in [0.1, 0.15) is 425 Å². The number of allylic oxidation sites excluding steroid dienone is 8. The summed E-state index contributed by atoms with van der Waals surface area (Å²) in [6.45, 7) is 3.81. The summed E-state index contributed by atoms with van der Waals surface area (Å²) in [6, 6.07) is 0. The second-order valence-electron chi connectivity index (χ2n) is 27.3. The second-order valence-corrected chi connectivity index (χ2v) is 28.7. The Labute approximate surface area is 566 Å². The van der Waals surface area contributed by atoms with E-state index in [0.717, 1.165) is 44.9 Å². The van der Waals surface area contributed by atoms with E-state index >= 15 is 0 Å². The van der Waals surface area contributed by atoms with Crippen molar-refractivity contribution in [3.63, 3.8) is 0 Å².